The molecular formula is C18H23N3O2. The highest BCUT2D eigenvalue weighted by Gasteiger charge is 2.27. The largest absolute Gasteiger partial charge is 0.335 e. The molecule has 1 aliphatic heterocycles. The molecule has 3 rings (SSSR count). The van der Waals surface area contributed by atoms with Gasteiger partial charge in [0, 0.05) is 18.1 Å². The van der Waals surface area contributed by atoms with Crippen molar-refractivity contribution in [2.75, 3.05) is 19.6 Å². The maximum absolute atomic E-state index is 13.0. The van der Waals surface area contributed by atoms with E-state index in [0.29, 0.717) is 6.54 Å². The lowest BCUT2D eigenvalue weighted by atomic mass is 10.0. The number of hydrogen-bond acceptors (Lipinski definition) is 3. The lowest BCUT2D eigenvalue weighted by Gasteiger charge is -2.34. The van der Waals surface area contributed by atoms with Gasteiger partial charge in [-0.3, -0.25) is 9.59 Å². The van der Waals surface area contributed by atoms with Gasteiger partial charge < -0.3 is 15.2 Å². The fourth-order valence-corrected chi connectivity index (χ4v) is 3.27. The van der Waals surface area contributed by atoms with Crippen molar-refractivity contribution < 1.29 is 4.79 Å². The molecule has 0 atom stereocenters. The number of rotatable bonds is 4. The number of carbonyl (C=O) groups excluding carboxylic acids is 1. The van der Waals surface area contributed by atoms with Crippen molar-refractivity contribution in [2.45, 2.75) is 32.2 Å². The van der Waals surface area contributed by atoms with Crippen LogP contribution in [0.1, 0.15) is 36.5 Å². The number of benzene rings is 1. The Hall–Kier alpha value is -2.14. The summed E-state index contributed by atoms with van der Waals surface area (Å²) in [5.74, 6) is -0.147. The molecule has 0 spiro atoms. The molecule has 1 aliphatic rings. The quantitative estimate of drug-likeness (QED) is 0.909. The van der Waals surface area contributed by atoms with Crippen LogP contribution in [0.25, 0.3) is 10.9 Å². The summed E-state index contributed by atoms with van der Waals surface area (Å²) in [5, 5.41) is 4.21. The average Bonchev–Trinajstić information content (AvgIpc) is 2.59. The molecule has 0 saturated carbocycles. The summed E-state index contributed by atoms with van der Waals surface area (Å²) in [5.41, 5.74) is 0.706. The molecule has 2 heterocycles. The number of piperidine rings is 1. The molecule has 1 amide bonds. The molecular weight excluding hydrogens is 290 g/mol. The first-order valence-electron chi connectivity index (χ1n) is 8.34. The molecule has 0 aliphatic carbocycles. The van der Waals surface area contributed by atoms with Crippen molar-refractivity contribution in [3.05, 3.63) is 46.2 Å². The average molecular weight is 313 g/mol. The van der Waals surface area contributed by atoms with E-state index >= 15 is 0 Å². The van der Waals surface area contributed by atoms with Crippen molar-refractivity contribution in [2.24, 2.45) is 0 Å². The van der Waals surface area contributed by atoms with Crippen LogP contribution < -0.4 is 10.9 Å². The second-order valence-corrected chi connectivity index (χ2v) is 6.08. The minimum absolute atomic E-state index is 0.147. The second kappa shape index (κ2) is 6.96. The zero-order chi connectivity index (χ0) is 16.2. The van der Waals surface area contributed by atoms with E-state index in [1.165, 1.54) is 0 Å². The van der Waals surface area contributed by atoms with Crippen molar-refractivity contribution >= 4 is 16.8 Å². The number of H-pyrrole nitrogens is 1. The van der Waals surface area contributed by atoms with E-state index < -0.39 is 0 Å². The molecule has 23 heavy (non-hydrogen) atoms. The first kappa shape index (κ1) is 15.7. The summed E-state index contributed by atoms with van der Waals surface area (Å²) in [6.07, 6.45) is 2.77. The SMILES string of the molecule is CCCN(C(=O)c1cc2ccccc2[nH]c1=O)C1CCNCC1. The van der Waals surface area contributed by atoms with Crippen LogP contribution in [0.4, 0.5) is 0 Å². The van der Waals surface area contributed by atoms with Gasteiger partial charge in [-0.2, -0.15) is 0 Å². The van der Waals surface area contributed by atoms with Crippen molar-refractivity contribution in [1.29, 1.82) is 0 Å². The maximum atomic E-state index is 13.0. The fraction of sp³-hybridized carbons (Fsp3) is 0.444. The van der Waals surface area contributed by atoms with Crippen LogP contribution in [0, 0.1) is 0 Å². The van der Waals surface area contributed by atoms with E-state index in [0.717, 1.165) is 43.3 Å². The lowest BCUT2D eigenvalue weighted by molar-refractivity contribution is 0.0641. The molecule has 2 aromatic rings. The van der Waals surface area contributed by atoms with Crippen LogP contribution in [0.15, 0.2) is 35.1 Å². The number of fused-ring (bicyclic) bond motifs is 1. The predicted octanol–water partition coefficient (Wildman–Crippen LogP) is 2.13. The molecule has 5 heteroatoms. The number of hydrogen-bond donors (Lipinski definition) is 2. The van der Waals surface area contributed by atoms with Gasteiger partial charge in [0.1, 0.15) is 5.56 Å². The van der Waals surface area contributed by atoms with Crippen molar-refractivity contribution in [3.63, 3.8) is 0 Å². The van der Waals surface area contributed by atoms with Gasteiger partial charge in [0.15, 0.2) is 0 Å². The summed E-state index contributed by atoms with van der Waals surface area (Å²) in [4.78, 5) is 30.0. The van der Waals surface area contributed by atoms with Crippen molar-refractivity contribution in [3.8, 4) is 0 Å². The van der Waals surface area contributed by atoms with Crippen LogP contribution in [0.2, 0.25) is 0 Å². The Morgan fingerprint density at radius 3 is 2.74 bits per heavy atom. The monoisotopic (exact) mass is 313 g/mol. The van der Waals surface area contributed by atoms with Gasteiger partial charge in [-0.1, -0.05) is 25.1 Å². The van der Waals surface area contributed by atoms with E-state index in [1.807, 2.05) is 29.2 Å². The molecule has 0 bridgehead atoms. The molecule has 122 valence electrons. The van der Waals surface area contributed by atoms with E-state index in [9.17, 15) is 9.59 Å². The highest BCUT2D eigenvalue weighted by Crippen LogP contribution is 2.17. The van der Waals surface area contributed by atoms with E-state index in [-0.39, 0.29) is 23.1 Å². The summed E-state index contributed by atoms with van der Waals surface area (Å²) in [7, 11) is 0. The molecule has 1 fully saturated rings. The maximum Gasteiger partial charge on any atom is 0.261 e. The Labute approximate surface area is 135 Å². The van der Waals surface area contributed by atoms with Gasteiger partial charge in [0.25, 0.3) is 11.5 Å². The minimum Gasteiger partial charge on any atom is -0.335 e. The Morgan fingerprint density at radius 1 is 1.26 bits per heavy atom. The number of nitrogens with zero attached hydrogens (tertiary/aromatic N) is 1. The van der Waals surface area contributed by atoms with Gasteiger partial charge >= 0.3 is 0 Å². The third-order valence-corrected chi connectivity index (χ3v) is 4.46. The molecule has 0 radical (unpaired) electrons. The van der Waals surface area contributed by atoms with Gasteiger partial charge in [-0.25, -0.2) is 0 Å². The van der Waals surface area contributed by atoms with Crippen LogP contribution in [-0.2, 0) is 0 Å². The lowest BCUT2D eigenvalue weighted by Crippen LogP contribution is -2.47. The minimum atomic E-state index is -0.302. The zero-order valence-corrected chi connectivity index (χ0v) is 13.5. The Kier molecular flexibility index (Phi) is 4.76. The first-order valence-corrected chi connectivity index (χ1v) is 8.34. The molecule has 5 nitrogen and oxygen atoms in total. The Morgan fingerprint density at radius 2 is 2.00 bits per heavy atom. The molecule has 0 unspecified atom stereocenters. The third-order valence-electron chi connectivity index (χ3n) is 4.46. The number of aromatic nitrogens is 1. The summed E-state index contributed by atoms with van der Waals surface area (Å²) < 4.78 is 0. The molecule has 1 aromatic heterocycles. The molecule has 2 N–H and O–H groups in total. The Balaban J connectivity index is 1.95. The van der Waals surface area contributed by atoms with Crippen LogP contribution in [-0.4, -0.2) is 41.5 Å². The van der Waals surface area contributed by atoms with Crippen molar-refractivity contribution in [1.82, 2.24) is 15.2 Å². The fourth-order valence-electron chi connectivity index (χ4n) is 3.27. The number of carbonyl (C=O) groups is 1. The van der Waals surface area contributed by atoms with Crippen LogP contribution >= 0.6 is 0 Å². The van der Waals surface area contributed by atoms with Gasteiger partial charge in [0.2, 0.25) is 0 Å². The second-order valence-electron chi connectivity index (χ2n) is 6.08. The smallest absolute Gasteiger partial charge is 0.261 e. The number of para-hydroxylation sites is 1. The number of nitrogens with one attached hydrogen (secondary N) is 2. The summed E-state index contributed by atoms with van der Waals surface area (Å²) in [6.45, 7) is 4.60. The zero-order valence-electron chi connectivity index (χ0n) is 13.5. The standard InChI is InChI=1S/C18H23N3O2/c1-2-11-21(14-7-9-19-10-8-14)18(23)15-12-13-5-3-4-6-16(13)20-17(15)22/h3-6,12,14,19H,2,7-11H2,1H3,(H,20,22). The topological polar surface area (TPSA) is 65.2 Å². The van der Waals surface area contributed by atoms with E-state index in [4.69, 9.17) is 0 Å². The third kappa shape index (κ3) is 3.29. The van der Waals surface area contributed by atoms with Crippen LogP contribution in [0.3, 0.4) is 0 Å². The first-order chi connectivity index (χ1) is 11.2. The normalized spacial score (nSPS) is 15.7. The summed E-state index contributed by atoms with van der Waals surface area (Å²) in [6, 6.07) is 9.48. The van der Waals surface area contributed by atoms with Gasteiger partial charge in [0.05, 0.1) is 0 Å². The predicted molar refractivity (Wildman–Crippen MR) is 91.8 cm³/mol. The van der Waals surface area contributed by atoms with Crippen LogP contribution in [0.5, 0.6) is 0 Å². The number of aromatic amines is 1. The number of pyridine rings is 1. The molecule has 1 aromatic carbocycles. The van der Waals surface area contributed by atoms with Gasteiger partial charge in [-0.15, -0.1) is 0 Å². The molecule has 1 saturated heterocycles. The van der Waals surface area contributed by atoms with Gasteiger partial charge in [-0.05, 0) is 49.9 Å². The van der Waals surface area contributed by atoms with E-state index in [2.05, 4.69) is 17.2 Å². The highest BCUT2D eigenvalue weighted by atomic mass is 16.2. The Bertz CT molecular complexity index is 747. The number of amides is 1. The summed E-state index contributed by atoms with van der Waals surface area (Å²) >= 11 is 0. The highest BCUT2D eigenvalue weighted by molar-refractivity contribution is 5.97. The van der Waals surface area contributed by atoms with E-state index in [1.54, 1.807) is 6.07 Å².